The average Bonchev–Trinajstić information content (AvgIpc) is 2.58. The number of anilines is 1. The molecule has 0 aliphatic carbocycles. The Morgan fingerprint density at radius 2 is 1.96 bits per heavy atom. The Bertz CT molecular complexity index is 598. The maximum Gasteiger partial charge on any atom is 0.419 e. The Balaban J connectivity index is 1.82. The monoisotopic (exact) mass is 360 g/mol. The summed E-state index contributed by atoms with van der Waals surface area (Å²) in [6, 6.07) is -0.262. The molecule has 1 aromatic rings. The van der Waals surface area contributed by atoms with E-state index in [4.69, 9.17) is 10.6 Å². The molecule has 0 unspecified atom stereocenters. The number of carbonyl (C=O) groups excluding carboxylic acids is 1. The van der Waals surface area contributed by atoms with Crippen LogP contribution in [0.3, 0.4) is 0 Å². The van der Waals surface area contributed by atoms with Crippen LogP contribution in [0.1, 0.15) is 12.5 Å². The van der Waals surface area contributed by atoms with Crippen LogP contribution in [0.5, 0.6) is 0 Å². The van der Waals surface area contributed by atoms with Gasteiger partial charge in [-0.05, 0) is 6.92 Å². The van der Waals surface area contributed by atoms with E-state index in [9.17, 15) is 18.0 Å². The molecule has 0 aromatic carbocycles. The molecule has 0 saturated carbocycles. The number of oxime groups is 1. The molecular formula is C14H19F3N6O2. The zero-order valence-corrected chi connectivity index (χ0v) is 13.6. The molecule has 11 heteroatoms. The normalized spacial score (nSPS) is 17.0. The Labute approximate surface area is 142 Å². The van der Waals surface area contributed by atoms with Crippen molar-refractivity contribution in [2.24, 2.45) is 10.9 Å². The van der Waals surface area contributed by atoms with Crippen LogP contribution in [0.15, 0.2) is 17.5 Å². The second kappa shape index (κ2) is 8.10. The number of nitrogens with two attached hydrogens (primary N) is 1. The molecule has 1 aliphatic heterocycles. The number of aromatic nitrogens is 2. The van der Waals surface area contributed by atoms with Crippen molar-refractivity contribution in [3.8, 4) is 0 Å². The van der Waals surface area contributed by atoms with E-state index in [1.807, 2.05) is 0 Å². The van der Waals surface area contributed by atoms with Crippen molar-refractivity contribution >= 4 is 18.1 Å². The molecule has 2 heterocycles. The van der Waals surface area contributed by atoms with Gasteiger partial charge in [0.15, 0.2) is 6.61 Å². The summed E-state index contributed by atoms with van der Waals surface area (Å²) in [4.78, 5) is 27.6. The first-order valence-corrected chi connectivity index (χ1v) is 7.60. The van der Waals surface area contributed by atoms with E-state index >= 15 is 0 Å². The molecule has 1 amide bonds. The number of carbonyl (C=O) groups is 1. The van der Waals surface area contributed by atoms with Crippen LogP contribution in [0.4, 0.5) is 19.1 Å². The van der Waals surface area contributed by atoms with E-state index in [0.29, 0.717) is 26.2 Å². The van der Waals surface area contributed by atoms with Gasteiger partial charge in [-0.1, -0.05) is 5.16 Å². The van der Waals surface area contributed by atoms with E-state index in [0.717, 1.165) is 12.4 Å². The van der Waals surface area contributed by atoms with Crippen molar-refractivity contribution in [1.29, 1.82) is 0 Å². The van der Waals surface area contributed by atoms with Gasteiger partial charge in [0.2, 0.25) is 5.95 Å². The largest absolute Gasteiger partial charge is 0.419 e. The van der Waals surface area contributed by atoms with E-state index in [-0.39, 0.29) is 24.5 Å². The summed E-state index contributed by atoms with van der Waals surface area (Å²) in [5, 5.41) is 3.58. The second-order valence-electron chi connectivity index (χ2n) is 5.52. The third kappa shape index (κ3) is 5.55. The van der Waals surface area contributed by atoms with Gasteiger partial charge in [0, 0.05) is 44.6 Å². The molecule has 138 valence electrons. The number of rotatable bonds is 5. The fraction of sp³-hybridized carbons (Fsp3) is 0.571. The lowest BCUT2D eigenvalue weighted by atomic mass is 10.3. The summed E-state index contributed by atoms with van der Waals surface area (Å²) in [6.07, 6.45) is -1.57. The molecule has 1 saturated heterocycles. The molecule has 0 radical (unpaired) electrons. The lowest BCUT2D eigenvalue weighted by Gasteiger charge is -2.34. The molecule has 1 fully saturated rings. The SMILES string of the molecule is C[C@H](N)/C=N/OCC(=O)N1CCN(c2ncc(C(F)(F)F)cn2)CC1. The van der Waals surface area contributed by atoms with Crippen molar-refractivity contribution in [3.05, 3.63) is 18.0 Å². The molecule has 1 atom stereocenters. The topological polar surface area (TPSA) is 96.9 Å². The number of halogens is 3. The van der Waals surface area contributed by atoms with E-state index in [1.165, 1.54) is 6.21 Å². The first-order valence-electron chi connectivity index (χ1n) is 7.60. The number of piperazine rings is 1. The molecule has 2 N–H and O–H groups in total. The minimum atomic E-state index is -4.46. The minimum absolute atomic E-state index is 0.194. The van der Waals surface area contributed by atoms with Crippen LogP contribution in [0.25, 0.3) is 0 Å². The van der Waals surface area contributed by atoms with Crippen molar-refractivity contribution in [3.63, 3.8) is 0 Å². The summed E-state index contributed by atoms with van der Waals surface area (Å²) in [6.45, 7) is 3.14. The lowest BCUT2D eigenvalue weighted by molar-refractivity contribution is -0.138. The predicted molar refractivity (Wildman–Crippen MR) is 83.9 cm³/mol. The molecule has 8 nitrogen and oxygen atoms in total. The Morgan fingerprint density at radius 3 is 2.48 bits per heavy atom. The highest BCUT2D eigenvalue weighted by Crippen LogP contribution is 2.28. The molecule has 1 aromatic heterocycles. The Hall–Kier alpha value is -2.43. The third-order valence-electron chi connectivity index (χ3n) is 3.44. The third-order valence-corrected chi connectivity index (χ3v) is 3.44. The first-order chi connectivity index (χ1) is 11.8. The van der Waals surface area contributed by atoms with Gasteiger partial charge in [0.25, 0.3) is 5.91 Å². The van der Waals surface area contributed by atoms with Gasteiger partial charge in [-0.2, -0.15) is 13.2 Å². The van der Waals surface area contributed by atoms with Crippen LogP contribution in [0.2, 0.25) is 0 Å². The van der Waals surface area contributed by atoms with E-state index < -0.39 is 11.7 Å². The average molecular weight is 360 g/mol. The standard InChI is InChI=1S/C14H19F3N6O2/c1-10(18)6-21-25-9-12(24)22-2-4-23(5-3-22)13-19-7-11(8-20-13)14(15,16)17/h6-8,10H,2-5,9,18H2,1H3/b21-6+/t10-/m0/s1. The van der Waals surface area contributed by atoms with Crippen molar-refractivity contribution in [2.45, 2.75) is 19.1 Å². The number of hydrogen-bond donors (Lipinski definition) is 1. The number of nitrogens with zero attached hydrogens (tertiary/aromatic N) is 5. The summed E-state index contributed by atoms with van der Waals surface area (Å²) < 4.78 is 37.5. The van der Waals surface area contributed by atoms with Gasteiger partial charge in [-0.25, -0.2) is 9.97 Å². The maximum absolute atomic E-state index is 12.5. The molecule has 0 spiro atoms. The van der Waals surface area contributed by atoms with Crippen LogP contribution >= 0.6 is 0 Å². The van der Waals surface area contributed by atoms with Gasteiger partial charge < -0.3 is 20.4 Å². The van der Waals surface area contributed by atoms with Crippen molar-refractivity contribution in [2.75, 3.05) is 37.7 Å². The minimum Gasteiger partial charge on any atom is -0.386 e. The van der Waals surface area contributed by atoms with Gasteiger partial charge in [0.05, 0.1) is 11.8 Å². The summed E-state index contributed by atoms with van der Waals surface area (Å²) in [7, 11) is 0. The van der Waals surface area contributed by atoms with Gasteiger partial charge >= 0.3 is 6.18 Å². The van der Waals surface area contributed by atoms with Crippen LogP contribution in [-0.4, -0.2) is 65.8 Å². The van der Waals surface area contributed by atoms with E-state index in [2.05, 4.69) is 15.1 Å². The second-order valence-corrected chi connectivity index (χ2v) is 5.52. The van der Waals surface area contributed by atoms with E-state index in [1.54, 1.807) is 16.7 Å². The Kier molecular flexibility index (Phi) is 6.12. The fourth-order valence-electron chi connectivity index (χ4n) is 2.11. The van der Waals surface area contributed by atoms with Gasteiger partial charge in [0.1, 0.15) is 0 Å². The number of amides is 1. The Morgan fingerprint density at radius 1 is 1.36 bits per heavy atom. The van der Waals surface area contributed by atoms with Crippen molar-refractivity contribution in [1.82, 2.24) is 14.9 Å². The first kappa shape index (κ1) is 18.9. The highest BCUT2D eigenvalue weighted by Gasteiger charge is 2.32. The van der Waals surface area contributed by atoms with Crippen LogP contribution < -0.4 is 10.6 Å². The van der Waals surface area contributed by atoms with Crippen LogP contribution in [0, 0.1) is 0 Å². The van der Waals surface area contributed by atoms with Gasteiger partial charge in [-0.3, -0.25) is 4.79 Å². The highest BCUT2D eigenvalue weighted by molar-refractivity contribution is 5.77. The molecular weight excluding hydrogens is 341 g/mol. The number of alkyl halides is 3. The summed E-state index contributed by atoms with van der Waals surface area (Å²) >= 11 is 0. The zero-order chi connectivity index (χ0) is 18.4. The molecule has 25 heavy (non-hydrogen) atoms. The number of hydrogen-bond acceptors (Lipinski definition) is 7. The predicted octanol–water partition coefficient (Wildman–Crippen LogP) is 0.494. The molecule has 0 bridgehead atoms. The zero-order valence-electron chi connectivity index (χ0n) is 13.6. The highest BCUT2D eigenvalue weighted by atomic mass is 19.4. The molecule has 1 aliphatic rings. The van der Waals surface area contributed by atoms with Crippen LogP contribution in [-0.2, 0) is 15.8 Å². The maximum atomic E-state index is 12.5. The molecule has 2 rings (SSSR count). The fourth-order valence-corrected chi connectivity index (χ4v) is 2.11. The smallest absolute Gasteiger partial charge is 0.386 e. The quantitative estimate of drug-likeness (QED) is 0.606. The summed E-state index contributed by atoms with van der Waals surface area (Å²) in [5.41, 5.74) is 4.56. The van der Waals surface area contributed by atoms with Crippen molar-refractivity contribution < 1.29 is 22.8 Å². The van der Waals surface area contributed by atoms with Gasteiger partial charge in [-0.15, -0.1) is 0 Å². The summed E-state index contributed by atoms with van der Waals surface area (Å²) in [5.74, 6) is -0.0207. The lowest BCUT2D eigenvalue weighted by Crippen LogP contribution is -2.50.